The van der Waals surface area contributed by atoms with Crippen molar-refractivity contribution in [3.05, 3.63) is 59.7 Å². The van der Waals surface area contributed by atoms with Crippen LogP contribution >= 0.6 is 0 Å². The molecule has 2 nitrogen and oxygen atoms in total. The molecule has 0 aliphatic rings. The van der Waals surface area contributed by atoms with Crippen LogP contribution in [0.15, 0.2) is 30.5 Å². The molecule has 0 saturated carbocycles. The first kappa shape index (κ1) is 13.0. The number of halogens is 5. The van der Waals surface area contributed by atoms with Gasteiger partial charge in [0.2, 0.25) is 5.95 Å². The molecule has 0 fully saturated rings. The molecule has 4 aromatic rings. The Morgan fingerprint density at radius 3 is 2.41 bits per heavy atom. The second-order valence-electron chi connectivity index (χ2n) is 4.81. The zero-order valence-electron chi connectivity index (χ0n) is 10.7. The average molecular weight is 308 g/mol. The highest BCUT2D eigenvalue weighted by molar-refractivity contribution is 6.12. The van der Waals surface area contributed by atoms with Gasteiger partial charge < -0.3 is 0 Å². The number of benzene rings is 2. The molecule has 0 bridgehead atoms. The highest BCUT2D eigenvalue weighted by Gasteiger charge is 2.21. The quantitative estimate of drug-likeness (QED) is 0.268. The van der Waals surface area contributed by atoms with E-state index in [1.54, 1.807) is 0 Å². The molecule has 2 heterocycles. The minimum atomic E-state index is -1.46. The molecule has 0 aliphatic heterocycles. The summed E-state index contributed by atoms with van der Waals surface area (Å²) in [6, 6.07) is 3.71. The fourth-order valence-corrected chi connectivity index (χ4v) is 2.70. The molecule has 2 aromatic carbocycles. The van der Waals surface area contributed by atoms with Gasteiger partial charge in [0.25, 0.3) is 0 Å². The Labute approximate surface area is 119 Å². The van der Waals surface area contributed by atoms with Gasteiger partial charge >= 0.3 is 0 Å². The Kier molecular flexibility index (Phi) is 2.46. The lowest BCUT2D eigenvalue weighted by molar-refractivity contribution is 0.500. The smallest absolute Gasteiger partial charge is 0.218 e. The van der Waals surface area contributed by atoms with E-state index in [9.17, 15) is 22.0 Å². The zero-order chi connectivity index (χ0) is 15.6. The third-order valence-electron chi connectivity index (χ3n) is 3.58. The van der Waals surface area contributed by atoms with E-state index < -0.39 is 40.1 Å². The molecule has 0 N–H and O–H groups in total. The number of hydrogen-bond acceptors (Lipinski definition) is 1. The van der Waals surface area contributed by atoms with Crippen molar-refractivity contribution in [1.29, 1.82) is 0 Å². The largest absolute Gasteiger partial charge is 0.265 e. The van der Waals surface area contributed by atoms with Crippen LogP contribution in [0.1, 0.15) is 0 Å². The molecule has 0 unspecified atom stereocenters. The number of aromatic nitrogens is 2. The van der Waals surface area contributed by atoms with Crippen molar-refractivity contribution in [2.24, 2.45) is 0 Å². The maximum absolute atomic E-state index is 14.2. The summed E-state index contributed by atoms with van der Waals surface area (Å²) in [5.74, 6) is -5.66. The molecule has 22 heavy (non-hydrogen) atoms. The van der Waals surface area contributed by atoms with Gasteiger partial charge in [-0.3, -0.25) is 4.40 Å². The van der Waals surface area contributed by atoms with Crippen molar-refractivity contribution >= 4 is 27.3 Å². The van der Waals surface area contributed by atoms with Crippen LogP contribution in [0.4, 0.5) is 22.0 Å². The molecule has 0 spiro atoms. The highest BCUT2D eigenvalue weighted by atomic mass is 19.2. The van der Waals surface area contributed by atoms with Crippen molar-refractivity contribution in [2.45, 2.75) is 0 Å². The van der Waals surface area contributed by atoms with Crippen LogP contribution in [0.2, 0.25) is 0 Å². The Hall–Kier alpha value is -2.70. The van der Waals surface area contributed by atoms with Crippen LogP contribution < -0.4 is 0 Å². The predicted molar refractivity (Wildman–Crippen MR) is 70.0 cm³/mol. The van der Waals surface area contributed by atoms with Crippen LogP contribution in [-0.2, 0) is 0 Å². The second-order valence-corrected chi connectivity index (χ2v) is 4.81. The second kappa shape index (κ2) is 4.16. The van der Waals surface area contributed by atoms with E-state index in [4.69, 9.17) is 0 Å². The van der Waals surface area contributed by atoms with Crippen LogP contribution in [0.3, 0.4) is 0 Å². The average Bonchev–Trinajstić information content (AvgIpc) is 2.85. The number of imidazole rings is 1. The van der Waals surface area contributed by atoms with E-state index in [1.165, 1.54) is 6.07 Å². The number of nitrogens with zero attached hydrogens (tertiary/aromatic N) is 2. The minimum Gasteiger partial charge on any atom is -0.265 e. The van der Waals surface area contributed by atoms with Gasteiger partial charge in [0.05, 0.1) is 11.7 Å². The van der Waals surface area contributed by atoms with Crippen molar-refractivity contribution < 1.29 is 22.0 Å². The fourth-order valence-electron chi connectivity index (χ4n) is 2.70. The Morgan fingerprint density at radius 1 is 0.864 bits per heavy atom. The lowest BCUT2D eigenvalue weighted by atomic mass is 10.0. The number of rotatable bonds is 0. The third-order valence-corrected chi connectivity index (χ3v) is 3.58. The molecule has 0 amide bonds. The molecular formula is C15H5F5N2. The van der Waals surface area contributed by atoms with E-state index in [0.717, 1.165) is 18.3 Å². The lowest BCUT2D eigenvalue weighted by Gasteiger charge is -2.10. The highest BCUT2D eigenvalue weighted by Crippen LogP contribution is 2.34. The molecule has 0 radical (unpaired) electrons. The van der Waals surface area contributed by atoms with E-state index in [0.29, 0.717) is 10.5 Å². The van der Waals surface area contributed by atoms with Gasteiger partial charge in [-0.05, 0) is 18.2 Å². The van der Waals surface area contributed by atoms with Crippen molar-refractivity contribution in [1.82, 2.24) is 9.38 Å². The molecule has 7 heteroatoms. The molecule has 0 saturated heterocycles. The summed E-state index contributed by atoms with van der Waals surface area (Å²) in [6.45, 7) is 0. The third kappa shape index (κ3) is 1.50. The first-order chi connectivity index (χ1) is 10.5. The van der Waals surface area contributed by atoms with Gasteiger partial charge in [0, 0.05) is 22.2 Å². The maximum atomic E-state index is 14.2. The molecular weight excluding hydrogens is 303 g/mol. The Balaban J connectivity index is 2.49. The summed E-state index contributed by atoms with van der Waals surface area (Å²) in [5, 5.41) is -0.190. The molecule has 0 aliphatic carbocycles. The van der Waals surface area contributed by atoms with Gasteiger partial charge in [-0.1, -0.05) is 0 Å². The van der Waals surface area contributed by atoms with E-state index in [-0.39, 0.29) is 16.4 Å². The van der Waals surface area contributed by atoms with Crippen molar-refractivity contribution in [3.8, 4) is 0 Å². The SMILES string of the molecule is Fc1ccc2c(c1)c1c(F)cc(F)c(F)c1n1c(F)cnc21. The van der Waals surface area contributed by atoms with Gasteiger partial charge in [0.1, 0.15) is 17.3 Å². The summed E-state index contributed by atoms with van der Waals surface area (Å²) in [6.07, 6.45) is 0.805. The first-order valence-electron chi connectivity index (χ1n) is 6.20. The number of fused-ring (bicyclic) bond motifs is 6. The van der Waals surface area contributed by atoms with Gasteiger partial charge in [0.15, 0.2) is 11.6 Å². The van der Waals surface area contributed by atoms with Gasteiger partial charge in [-0.2, -0.15) is 4.39 Å². The van der Waals surface area contributed by atoms with Gasteiger partial charge in [-0.25, -0.2) is 22.5 Å². The predicted octanol–water partition coefficient (Wildman–Crippen LogP) is 4.34. The summed E-state index contributed by atoms with van der Waals surface area (Å²) in [7, 11) is 0. The first-order valence-corrected chi connectivity index (χ1v) is 6.20. The summed E-state index contributed by atoms with van der Waals surface area (Å²) in [5.41, 5.74) is -0.704. The van der Waals surface area contributed by atoms with Crippen molar-refractivity contribution in [3.63, 3.8) is 0 Å². The summed E-state index contributed by atoms with van der Waals surface area (Å²) < 4.78 is 69.9. The van der Waals surface area contributed by atoms with E-state index in [1.807, 2.05) is 0 Å². The number of hydrogen-bond donors (Lipinski definition) is 0. The summed E-state index contributed by atoms with van der Waals surface area (Å²) >= 11 is 0. The molecule has 0 atom stereocenters. The van der Waals surface area contributed by atoms with Crippen LogP contribution in [0, 0.1) is 29.2 Å². The standard InChI is InChI=1S/C15H5F5N2/c16-6-1-2-7-8(3-6)12-9(17)4-10(18)13(20)14(12)22-11(19)5-21-15(7)22/h1-5H. The van der Waals surface area contributed by atoms with E-state index >= 15 is 0 Å². The minimum absolute atomic E-state index is 0.00972. The Morgan fingerprint density at radius 2 is 1.64 bits per heavy atom. The van der Waals surface area contributed by atoms with Crippen LogP contribution in [0.25, 0.3) is 27.3 Å². The number of pyridine rings is 1. The lowest BCUT2D eigenvalue weighted by Crippen LogP contribution is -2.01. The Bertz CT molecular complexity index is 1080. The monoisotopic (exact) mass is 308 g/mol. The van der Waals surface area contributed by atoms with Crippen LogP contribution in [-0.4, -0.2) is 9.38 Å². The summed E-state index contributed by atoms with van der Waals surface area (Å²) in [4.78, 5) is 3.78. The molecule has 4 rings (SSSR count). The topological polar surface area (TPSA) is 17.3 Å². The van der Waals surface area contributed by atoms with Crippen LogP contribution in [0.5, 0.6) is 0 Å². The zero-order valence-corrected chi connectivity index (χ0v) is 10.7. The molecule has 110 valence electrons. The van der Waals surface area contributed by atoms with Gasteiger partial charge in [-0.15, -0.1) is 0 Å². The molecule has 2 aromatic heterocycles. The fraction of sp³-hybridized carbons (Fsp3) is 0. The van der Waals surface area contributed by atoms with Crippen molar-refractivity contribution in [2.75, 3.05) is 0 Å². The maximum Gasteiger partial charge on any atom is 0.218 e. The normalized spacial score (nSPS) is 11.9. The van der Waals surface area contributed by atoms with E-state index in [2.05, 4.69) is 4.98 Å².